The zero-order valence-corrected chi connectivity index (χ0v) is 16.4. The van der Waals surface area contributed by atoms with Gasteiger partial charge in [-0.25, -0.2) is 0 Å². The number of hydrogen-bond acceptors (Lipinski definition) is 4. The fraction of sp³-hybridized carbons (Fsp3) is 0.125. The average Bonchev–Trinajstić information content (AvgIpc) is 2.53. The smallest absolute Gasteiger partial charge is 0.412 e. The molecule has 0 aliphatic heterocycles. The minimum absolute atomic E-state index is 0. The average molecular weight is 423 g/mol. The largest absolute Gasteiger partial charge is 2.00 e. The molecule has 0 unspecified atom stereocenters. The van der Waals surface area contributed by atoms with Crippen LogP contribution in [0.3, 0.4) is 0 Å². The van der Waals surface area contributed by atoms with Gasteiger partial charge in [-0.3, -0.25) is 0 Å². The van der Waals surface area contributed by atoms with E-state index in [1.165, 1.54) is 11.1 Å². The van der Waals surface area contributed by atoms with Crippen molar-refractivity contribution in [1.29, 1.82) is 0 Å². The quantitative estimate of drug-likeness (QED) is 0.445. The van der Waals surface area contributed by atoms with Gasteiger partial charge in [0.1, 0.15) is 0 Å². The van der Waals surface area contributed by atoms with Crippen LogP contribution in [-0.2, 0) is 54.8 Å². The Kier molecular flexibility index (Phi) is 13.1. The van der Waals surface area contributed by atoms with Gasteiger partial charge in [0.25, 0.3) is 0 Å². The van der Waals surface area contributed by atoms with Gasteiger partial charge in [-0.05, 0) is 11.1 Å². The third-order valence-electron chi connectivity index (χ3n) is 2.56. The van der Waals surface area contributed by atoms with Crippen LogP contribution in [0.5, 0.6) is 0 Å². The molecule has 0 aromatic heterocycles. The maximum absolute atomic E-state index is 4.70. The first-order chi connectivity index (χ1) is 10.6. The van der Waals surface area contributed by atoms with Crippen molar-refractivity contribution in [1.82, 2.24) is 10.6 Å². The molecule has 2 nitrogen and oxygen atoms in total. The van der Waals surface area contributed by atoms with E-state index in [0.717, 1.165) is 13.1 Å². The van der Waals surface area contributed by atoms with Crippen LogP contribution in [0.1, 0.15) is 11.1 Å². The zero-order chi connectivity index (χ0) is 16.2. The molecule has 124 valence electrons. The van der Waals surface area contributed by atoms with Gasteiger partial charge < -0.3 is 60.3 Å². The molecule has 2 aromatic carbocycles. The van der Waals surface area contributed by atoms with Gasteiger partial charge in [-0.1, -0.05) is 69.3 Å². The molecule has 0 saturated carbocycles. The summed E-state index contributed by atoms with van der Waals surface area (Å²) in [6.07, 6.45) is 0. The summed E-state index contributed by atoms with van der Waals surface area (Å²) in [6.45, 7) is 1.45. The normalized spacial score (nSPS) is 8.70. The molecule has 0 aliphatic carbocycles. The fourth-order valence-electron chi connectivity index (χ4n) is 1.54. The summed E-state index contributed by atoms with van der Waals surface area (Å²) >= 11 is 18.8. The van der Waals surface area contributed by atoms with Gasteiger partial charge in [0.2, 0.25) is 0 Å². The number of benzene rings is 2. The van der Waals surface area contributed by atoms with E-state index in [9.17, 15) is 0 Å². The van der Waals surface area contributed by atoms with Crippen molar-refractivity contribution in [3.63, 3.8) is 0 Å². The predicted octanol–water partition coefficient (Wildman–Crippen LogP) is 3.21. The minimum atomic E-state index is 0. The first-order valence-corrected chi connectivity index (χ1v) is 8.19. The van der Waals surface area contributed by atoms with E-state index in [2.05, 4.69) is 10.6 Å². The topological polar surface area (TPSA) is 24.1 Å². The Morgan fingerprint density at radius 1 is 0.696 bits per heavy atom. The number of thiocarbonyl (C=S) groups is 2. The summed E-state index contributed by atoms with van der Waals surface area (Å²) < 4.78 is 0.850. The van der Waals surface area contributed by atoms with Crippen LogP contribution in [-0.4, -0.2) is 8.64 Å². The second-order valence-corrected chi connectivity index (χ2v) is 6.40. The molecule has 7 heteroatoms. The Hall–Kier alpha value is -0.846. The molecule has 0 spiro atoms. The van der Waals surface area contributed by atoms with Crippen molar-refractivity contribution in [3.05, 3.63) is 71.8 Å². The molecule has 2 aromatic rings. The second-order valence-electron chi connectivity index (χ2n) is 4.25. The van der Waals surface area contributed by atoms with Crippen LogP contribution < -0.4 is 10.6 Å². The van der Waals surface area contributed by atoms with Crippen molar-refractivity contribution in [3.8, 4) is 0 Å². The molecule has 0 heterocycles. The van der Waals surface area contributed by atoms with Crippen LogP contribution in [0.4, 0.5) is 0 Å². The first kappa shape index (κ1) is 22.2. The zero-order valence-electron chi connectivity index (χ0n) is 12.1. The second kappa shape index (κ2) is 13.6. The summed E-state index contributed by atoms with van der Waals surface area (Å²) in [5.41, 5.74) is 2.39. The first-order valence-electron chi connectivity index (χ1n) is 6.55. The van der Waals surface area contributed by atoms with E-state index in [1.807, 2.05) is 60.7 Å². The third-order valence-corrected chi connectivity index (χ3v) is 3.14. The maximum Gasteiger partial charge on any atom is 2.00 e. The SMILES string of the molecule is S=C([S-])NCc1ccccc1.S=C([S-])NCc1ccccc1.[Ni+2]. The Morgan fingerprint density at radius 3 is 1.26 bits per heavy atom. The standard InChI is InChI=1S/2C8H9NS2.Ni/c2*10-8(11)9-6-7-4-2-1-3-5-7;/h2*1-5H,6H2,(H2,9,10,11);/q;;+2/p-2. The van der Waals surface area contributed by atoms with Crippen molar-refractivity contribution in [2.75, 3.05) is 0 Å². The third kappa shape index (κ3) is 12.3. The van der Waals surface area contributed by atoms with Crippen molar-refractivity contribution >= 4 is 58.3 Å². The van der Waals surface area contributed by atoms with Gasteiger partial charge in [-0.2, -0.15) is 0 Å². The summed E-state index contributed by atoms with van der Waals surface area (Å²) in [5.74, 6) is 0. The predicted molar refractivity (Wildman–Crippen MR) is 106 cm³/mol. The van der Waals surface area contributed by atoms with Gasteiger partial charge in [0.15, 0.2) is 0 Å². The summed E-state index contributed by atoms with van der Waals surface area (Å²) in [4.78, 5) is 0. The molecule has 0 bridgehead atoms. The molecule has 0 amide bonds. The Labute approximate surface area is 169 Å². The van der Waals surface area contributed by atoms with Crippen LogP contribution in [0.2, 0.25) is 0 Å². The molecule has 23 heavy (non-hydrogen) atoms. The monoisotopic (exact) mass is 422 g/mol. The number of hydrogen-bond donors (Lipinski definition) is 2. The molecule has 2 rings (SSSR count). The van der Waals surface area contributed by atoms with Gasteiger partial charge >= 0.3 is 16.5 Å². The molecule has 0 fully saturated rings. The maximum atomic E-state index is 4.70. The Balaban J connectivity index is 0.000000403. The van der Waals surface area contributed by atoms with Gasteiger partial charge in [0, 0.05) is 13.1 Å². The number of rotatable bonds is 4. The van der Waals surface area contributed by atoms with E-state index in [4.69, 9.17) is 49.7 Å². The molecule has 0 saturated heterocycles. The molecular weight excluding hydrogens is 407 g/mol. The van der Waals surface area contributed by atoms with E-state index in [1.54, 1.807) is 0 Å². The fourth-order valence-corrected chi connectivity index (χ4v) is 1.83. The van der Waals surface area contributed by atoms with E-state index in [-0.39, 0.29) is 16.5 Å². The van der Waals surface area contributed by atoms with Crippen molar-refractivity contribution in [2.24, 2.45) is 0 Å². The Bertz CT molecular complexity index is 526. The molecule has 0 atom stereocenters. The van der Waals surface area contributed by atoms with Crippen LogP contribution in [0.15, 0.2) is 60.7 Å². The van der Waals surface area contributed by atoms with Crippen LogP contribution in [0.25, 0.3) is 0 Å². The molecule has 0 radical (unpaired) electrons. The minimum Gasteiger partial charge on any atom is -0.412 e. The van der Waals surface area contributed by atoms with Gasteiger partial charge in [-0.15, -0.1) is 0 Å². The summed E-state index contributed by atoms with van der Waals surface area (Å²) in [5, 5.41) is 5.82. The van der Waals surface area contributed by atoms with E-state index < -0.39 is 0 Å². The summed E-state index contributed by atoms with van der Waals surface area (Å²) in [7, 11) is 0. The van der Waals surface area contributed by atoms with Crippen LogP contribution >= 0.6 is 24.4 Å². The van der Waals surface area contributed by atoms with E-state index in [0.29, 0.717) is 8.64 Å². The molecular formula is C16H16N2NiS4. The molecule has 0 aliphatic rings. The number of nitrogens with one attached hydrogen (secondary N) is 2. The van der Waals surface area contributed by atoms with Crippen molar-refractivity contribution < 1.29 is 16.5 Å². The van der Waals surface area contributed by atoms with Crippen molar-refractivity contribution in [2.45, 2.75) is 13.1 Å². The van der Waals surface area contributed by atoms with Crippen LogP contribution in [0, 0.1) is 0 Å². The molecule has 2 N–H and O–H groups in total. The van der Waals surface area contributed by atoms with Gasteiger partial charge in [0.05, 0.1) is 0 Å². The summed E-state index contributed by atoms with van der Waals surface area (Å²) in [6, 6.07) is 20.0. The van der Waals surface area contributed by atoms with E-state index >= 15 is 0 Å². The Morgan fingerprint density at radius 2 is 1.00 bits per heavy atom.